The Morgan fingerprint density at radius 2 is 1.28 bits per heavy atom. The van der Waals surface area contributed by atoms with E-state index in [4.69, 9.17) is 9.47 Å². The van der Waals surface area contributed by atoms with Crippen molar-refractivity contribution in [2.24, 2.45) is 0 Å². The number of rotatable bonds is 8. The van der Waals surface area contributed by atoms with Gasteiger partial charge in [-0.2, -0.15) is 0 Å². The number of carboxylic acids is 1. The normalized spacial score (nSPS) is 11.9. The van der Waals surface area contributed by atoms with Crippen molar-refractivity contribution in [3.05, 3.63) is 89.5 Å². The van der Waals surface area contributed by atoms with Gasteiger partial charge in [0.05, 0.1) is 13.0 Å². The molecule has 0 saturated carbocycles. The predicted octanol–water partition coefficient (Wildman–Crippen LogP) is 6.02. The lowest BCUT2D eigenvalue weighted by molar-refractivity contribution is -0.138. The number of ether oxygens (including phenoxy) is 2. The van der Waals surface area contributed by atoms with Gasteiger partial charge in [0.2, 0.25) is 0 Å². The van der Waals surface area contributed by atoms with Gasteiger partial charge >= 0.3 is 5.97 Å². The monoisotopic (exact) mass is 390 g/mol. The van der Waals surface area contributed by atoms with Gasteiger partial charge in [-0.05, 0) is 65.4 Å². The van der Waals surface area contributed by atoms with E-state index in [1.54, 1.807) is 31.4 Å². The summed E-state index contributed by atoms with van der Waals surface area (Å²) in [5.74, 6) is 1.24. The lowest BCUT2D eigenvalue weighted by Crippen LogP contribution is -2.14. The lowest BCUT2D eigenvalue weighted by Gasteiger charge is -2.14. The smallest absolute Gasteiger partial charge is 0.311 e. The maximum Gasteiger partial charge on any atom is 0.311 e. The molecular weight excluding hydrogens is 364 g/mol. The van der Waals surface area contributed by atoms with Gasteiger partial charge in [0, 0.05) is 0 Å². The topological polar surface area (TPSA) is 55.8 Å². The van der Waals surface area contributed by atoms with Gasteiger partial charge in [0.1, 0.15) is 17.2 Å². The SMILES string of the molecule is COc1ccc(C(Cc2ccc(Oc3ccc(C(C)C)cc3)cc2)C(=O)O)cc1. The molecule has 0 bridgehead atoms. The van der Waals surface area contributed by atoms with E-state index in [9.17, 15) is 9.90 Å². The van der Waals surface area contributed by atoms with Crippen LogP contribution in [0.5, 0.6) is 17.2 Å². The second kappa shape index (κ2) is 9.28. The summed E-state index contributed by atoms with van der Waals surface area (Å²) in [6.07, 6.45) is 0.408. The molecule has 0 aliphatic carbocycles. The Morgan fingerprint density at radius 3 is 1.76 bits per heavy atom. The molecular formula is C25H26O4. The highest BCUT2D eigenvalue weighted by molar-refractivity contribution is 5.76. The van der Waals surface area contributed by atoms with Crippen LogP contribution in [-0.2, 0) is 11.2 Å². The van der Waals surface area contributed by atoms with Crippen LogP contribution in [0.2, 0.25) is 0 Å². The van der Waals surface area contributed by atoms with E-state index in [-0.39, 0.29) is 0 Å². The van der Waals surface area contributed by atoms with Gasteiger partial charge in [-0.1, -0.05) is 50.2 Å². The zero-order chi connectivity index (χ0) is 20.8. The third-order valence-corrected chi connectivity index (χ3v) is 4.96. The number of carbonyl (C=O) groups is 1. The Labute approximate surface area is 171 Å². The van der Waals surface area contributed by atoms with Gasteiger partial charge in [-0.3, -0.25) is 4.79 Å². The van der Waals surface area contributed by atoms with Crippen LogP contribution in [0.25, 0.3) is 0 Å². The second-order valence-corrected chi connectivity index (χ2v) is 7.34. The fraction of sp³-hybridized carbons (Fsp3) is 0.240. The molecule has 0 aliphatic heterocycles. The van der Waals surface area contributed by atoms with Crippen LogP contribution in [0, 0.1) is 0 Å². The molecule has 0 aromatic heterocycles. The van der Waals surface area contributed by atoms with Crippen LogP contribution in [0.15, 0.2) is 72.8 Å². The molecule has 0 radical (unpaired) electrons. The lowest BCUT2D eigenvalue weighted by atomic mass is 9.92. The Hall–Kier alpha value is -3.27. The molecule has 150 valence electrons. The average molecular weight is 390 g/mol. The number of hydrogen-bond donors (Lipinski definition) is 1. The van der Waals surface area contributed by atoms with E-state index in [0.717, 1.165) is 22.6 Å². The van der Waals surface area contributed by atoms with Gasteiger partial charge in [-0.15, -0.1) is 0 Å². The van der Waals surface area contributed by atoms with E-state index in [1.165, 1.54) is 5.56 Å². The molecule has 3 rings (SSSR count). The summed E-state index contributed by atoms with van der Waals surface area (Å²) in [4.78, 5) is 11.8. The molecule has 1 atom stereocenters. The average Bonchev–Trinajstić information content (AvgIpc) is 2.73. The van der Waals surface area contributed by atoms with Crippen LogP contribution in [-0.4, -0.2) is 18.2 Å². The maximum atomic E-state index is 11.8. The van der Waals surface area contributed by atoms with Crippen LogP contribution in [0.1, 0.15) is 42.4 Å². The quantitative estimate of drug-likeness (QED) is 0.511. The van der Waals surface area contributed by atoms with Crippen LogP contribution in [0.3, 0.4) is 0 Å². The Morgan fingerprint density at radius 1 is 0.793 bits per heavy atom. The Kier molecular flexibility index (Phi) is 6.55. The van der Waals surface area contributed by atoms with E-state index in [1.807, 2.05) is 36.4 Å². The molecule has 0 spiro atoms. The minimum atomic E-state index is -0.847. The van der Waals surface area contributed by atoms with Crippen LogP contribution in [0.4, 0.5) is 0 Å². The summed E-state index contributed by atoms with van der Waals surface area (Å²) in [6.45, 7) is 4.32. The molecule has 3 aromatic carbocycles. The summed E-state index contributed by atoms with van der Waals surface area (Å²) in [5.41, 5.74) is 2.96. The van der Waals surface area contributed by atoms with Crippen molar-refractivity contribution in [1.29, 1.82) is 0 Å². The summed E-state index contributed by atoms with van der Waals surface area (Å²) in [7, 11) is 1.59. The molecule has 1 unspecified atom stereocenters. The number of aliphatic carboxylic acids is 1. The largest absolute Gasteiger partial charge is 0.497 e. The number of carboxylic acid groups (broad SMARTS) is 1. The molecule has 0 heterocycles. The summed E-state index contributed by atoms with van der Waals surface area (Å²) in [6, 6.07) is 22.8. The maximum absolute atomic E-state index is 11.8. The van der Waals surface area contributed by atoms with Gasteiger partial charge in [-0.25, -0.2) is 0 Å². The molecule has 0 saturated heterocycles. The zero-order valence-corrected chi connectivity index (χ0v) is 17.0. The zero-order valence-electron chi connectivity index (χ0n) is 17.0. The molecule has 0 amide bonds. The first kappa shape index (κ1) is 20.5. The van der Waals surface area contributed by atoms with Crippen molar-refractivity contribution in [2.45, 2.75) is 32.1 Å². The molecule has 3 aromatic rings. The van der Waals surface area contributed by atoms with E-state index < -0.39 is 11.9 Å². The number of hydrogen-bond acceptors (Lipinski definition) is 3. The Bertz CT molecular complexity index is 926. The first-order chi connectivity index (χ1) is 14.0. The molecule has 4 nitrogen and oxygen atoms in total. The first-order valence-electron chi connectivity index (χ1n) is 9.69. The van der Waals surface area contributed by atoms with Crippen LogP contribution >= 0.6 is 0 Å². The fourth-order valence-electron chi connectivity index (χ4n) is 3.17. The van der Waals surface area contributed by atoms with Crippen molar-refractivity contribution >= 4 is 5.97 Å². The molecule has 0 fully saturated rings. The minimum Gasteiger partial charge on any atom is -0.497 e. The fourth-order valence-corrected chi connectivity index (χ4v) is 3.17. The highest BCUT2D eigenvalue weighted by Gasteiger charge is 2.20. The van der Waals surface area contributed by atoms with Crippen molar-refractivity contribution in [3.63, 3.8) is 0 Å². The molecule has 4 heteroatoms. The summed E-state index contributed by atoms with van der Waals surface area (Å²) in [5, 5.41) is 9.67. The number of methoxy groups -OCH3 is 1. The van der Waals surface area contributed by atoms with E-state index >= 15 is 0 Å². The molecule has 29 heavy (non-hydrogen) atoms. The van der Waals surface area contributed by atoms with Gasteiger partial charge < -0.3 is 14.6 Å². The van der Waals surface area contributed by atoms with E-state index in [0.29, 0.717) is 18.1 Å². The van der Waals surface area contributed by atoms with E-state index in [2.05, 4.69) is 26.0 Å². The van der Waals surface area contributed by atoms with Crippen LogP contribution < -0.4 is 9.47 Å². The summed E-state index contributed by atoms with van der Waals surface area (Å²) < 4.78 is 11.0. The highest BCUT2D eigenvalue weighted by atomic mass is 16.5. The van der Waals surface area contributed by atoms with Crippen molar-refractivity contribution in [3.8, 4) is 17.2 Å². The Balaban J connectivity index is 1.68. The van der Waals surface area contributed by atoms with Gasteiger partial charge in [0.25, 0.3) is 0 Å². The predicted molar refractivity (Wildman–Crippen MR) is 114 cm³/mol. The third kappa shape index (κ3) is 5.38. The highest BCUT2D eigenvalue weighted by Crippen LogP contribution is 2.27. The molecule has 1 N–H and O–H groups in total. The van der Waals surface area contributed by atoms with Gasteiger partial charge in [0.15, 0.2) is 0 Å². The molecule has 0 aliphatic rings. The van der Waals surface area contributed by atoms with Crippen molar-refractivity contribution in [2.75, 3.05) is 7.11 Å². The third-order valence-electron chi connectivity index (χ3n) is 4.96. The minimum absolute atomic E-state index is 0.408. The summed E-state index contributed by atoms with van der Waals surface area (Å²) >= 11 is 0. The van der Waals surface area contributed by atoms with Crippen molar-refractivity contribution in [1.82, 2.24) is 0 Å². The number of benzene rings is 3. The first-order valence-corrected chi connectivity index (χ1v) is 9.69. The second-order valence-electron chi connectivity index (χ2n) is 7.34. The standard InChI is InChI=1S/C25H26O4/c1-17(2)19-6-14-23(15-7-19)29-22-10-4-18(5-11-22)16-24(25(26)27)20-8-12-21(28-3)13-9-20/h4-15,17,24H,16H2,1-3H3,(H,26,27). The van der Waals surface area contributed by atoms with Crippen molar-refractivity contribution < 1.29 is 19.4 Å².